The highest BCUT2D eigenvalue weighted by Crippen LogP contribution is 2.19. The molecule has 0 saturated heterocycles. The molecule has 0 aromatic carbocycles. The van der Waals surface area contributed by atoms with E-state index in [1.54, 1.807) is 0 Å². The Morgan fingerprint density at radius 3 is 2.43 bits per heavy atom. The third kappa shape index (κ3) is 6.93. The molecule has 2 atom stereocenters. The zero-order chi connectivity index (χ0) is 10.8. The van der Waals surface area contributed by atoms with Gasteiger partial charge in [-0.05, 0) is 25.7 Å². The van der Waals surface area contributed by atoms with E-state index in [9.17, 15) is 4.79 Å². The van der Waals surface area contributed by atoms with E-state index in [0.29, 0.717) is 6.47 Å². The van der Waals surface area contributed by atoms with Crippen molar-refractivity contribution >= 4 is 6.47 Å². The summed E-state index contributed by atoms with van der Waals surface area (Å²) in [7, 11) is 0. The van der Waals surface area contributed by atoms with Crippen molar-refractivity contribution in [1.82, 2.24) is 0 Å². The average molecular weight is 200 g/mol. The molecule has 0 spiro atoms. The fourth-order valence-electron chi connectivity index (χ4n) is 1.68. The Bertz CT molecular complexity index is 134. The van der Waals surface area contributed by atoms with Crippen LogP contribution in [0.25, 0.3) is 0 Å². The molecule has 0 aliphatic rings. The number of hydrogen-bond acceptors (Lipinski definition) is 2. The standard InChI is InChI=1S/C12H24O2/c1-4-6-7-12(5-2)9-8-11(3)14-10-13/h10-12H,4-9H2,1-3H3. The van der Waals surface area contributed by atoms with Crippen molar-refractivity contribution in [1.29, 1.82) is 0 Å². The number of carbonyl (C=O) groups is 1. The molecule has 2 nitrogen and oxygen atoms in total. The quantitative estimate of drug-likeness (QED) is 0.532. The second-order valence-electron chi connectivity index (χ2n) is 4.04. The van der Waals surface area contributed by atoms with E-state index in [1.165, 1.54) is 32.1 Å². The van der Waals surface area contributed by atoms with E-state index in [0.717, 1.165) is 12.3 Å². The molecule has 0 heterocycles. The highest BCUT2D eigenvalue weighted by atomic mass is 16.5. The van der Waals surface area contributed by atoms with Crippen LogP contribution in [0, 0.1) is 5.92 Å². The van der Waals surface area contributed by atoms with Crippen LogP contribution in [0.15, 0.2) is 0 Å². The summed E-state index contributed by atoms with van der Waals surface area (Å²) in [4.78, 5) is 10.1. The Morgan fingerprint density at radius 2 is 1.93 bits per heavy atom. The van der Waals surface area contributed by atoms with Crippen LogP contribution in [0.5, 0.6) is 0 Å². The summed E-state index contributed by atoms with van der Waals surface area (Å²) in [5.41, 5.74) is 0. The highest BCUT2D eigenvalue weighted by Gasteiger charge is 2.08. The molecule has 0 amide bonds. The first-order valence-corrected chi connectivity index (χ1v) is 5.83. The van der Waals surface area contributed by atoms with Gasteiger partial charge in [0.05, 0.1) is 6.10 Å². The maximum Gasteiger partial charge on any atom is 0.293 e. The summed E-state index contributed by atoms with van der Waals surface area (Å²) in [6, 6.07) is 0. The van der Waals surface area contributed by atoms with Gasteiger partial charge in [-0.15, -0.1) is 0 Å². The Balaban J connectivity index is 3.54. The van der Waals surface area contributed by atoms with Crippen molar-refractivity contribution < 1.29 is 9.53 Å². The van der Waals surface area contributed by atoms with Gasteiger partial charge >= 0.3 is 0 Å². The van der Waals surface area contributed by atoms with Crippen LogP contribution in [0.2, 0.25) is 0 Å². The molecule has 2 unspecified atom stereocenters. The molecular weight excluding hydrogens is 176 g/mol. The van der Waals surface area contributed by atoms with Crippen molar-refractivity contribution in [2.75, 3.05) is 0 Å². The lowest BCUT2D eigenvalue weighted by atomic mass is 9.93. The molecule has 2 heteroatoms. The lowest BCUT2D eigenvalue weighted by Crippen LogP contribution is -2.09. The number of hydrogen-bond donors (Lipinski definition) is 0. The van der Waals surface area contributed by atoms with Gasteiger partial charge in [-0.25, -0.2) is 0 Å². The minimum Gasteiger partial charge on any atom is -0.465 e. The topological polar surface area (TPSA) is 26.3 Å². The molecule has 0 aliphatic heterocycles. The minimum absolute atomic E-state index is 0.0863. The SMILES string of the molecule is CCCCC(CC)CCC(C)OC=O. The number of unbranched alkanes of at least 4 members (excludes halogenated alkanes) is 1. The van der Waals surface area contributed by atoms with E-state index in [1.807, 2.05) is 6.92 Å². The Hall–Kier alpha value is -0.530. The fourth-order valence-corrected chi connectivity index (χ4v) is 1.68. The van der Waals surface area contributed by atoms with Gasteiger partial charge in [0, 0.05) is 0 Å². The van der Waals surface area contributed by atoms with Gasteiger partial charge in [0.15, 0.2) is 0 Å². The first-order valence-electron chi connectivity index (χ1n) is 5.83. The molecule has 0 rings (SSSR count). The van der Waals surface area contributed by atoms with E-state index in [2.05, 4.69) is 13.8 Å². The van der Waals surface area contributed by atoms with E-state index in [-0.39, 0.29) is 6.10 Å². The van der Waals surface area contributed by atoms with Crippen LogP contribution < -0.4 is 0 Å². The number of rotatable bonds is 9. The van der Waals surface area contributed by atoms with Gasteiger partial charge < -0.3 is 4.74 Å². The van der Waals surface area contributed by atoms with E-state index < -0.39 is 0 Å². The summed E-state index contributed by atoms with van der Waals surface area (Å²) in [6.45, 7) is 6.98. The molecule has 0 bridgehead atoms. The van der Waals surface area contributed by atoms with Crippen LogP contribution in [-0.2, 0) is 9.53 Å². The zero-order valence-electron chi connectivity index (χ0n) is 9.79. The van der Waals surface area contributed by atoms with Crippen molar-refractivity contribution in [2.45, 2.75) is 65.4 Å². The van der Waals surface area contributed by atoms with Crippen molar-refractivity contribution in [3.05, 3.63) is 0 Å². The largest absolute Gasteiger partial charge is 0.465 e. The van der Waals surface area contributed by atoms with Crippen LogP contribution >= 0.6 is 0 Å². The summed E-state index contributed by atoms with van der Waals surface area (Å²) in [5.74, 6) is 0.813. The lowest BCUT2D eigenvalue weighted by molar-refractivity contribution is -0.133. The molecule has 14 heavy (non-hydrogen) atoms. The molecule has 0 saturated carbocycles. The molecule has 0 aliphatic carbocycles. The second-order valence-corrected chi connectivity index (χ2v) is 4.04. The number of ether oxygens (including phenoxy) is 1. The van der Waals surface area contributed by atoms with Crippen molar-refractivity contribution in [2.24, 2.45) is 5.92 Å². The summed E-state index contributed by atoms with van der Waals surface area (Å²) >= 11 is 0. The molecule has 0 fully saturated rings. The van der Waals surface area contributed by atoms with Crippen LogP contribution in [0.1, 0.15) is 59.3 Å². The Kier molecular flexibility index (Phi) is 8.70. The maximum atomic E-state index is 10.1. The van der Waals surface area contributed by atoms with Crippen LogP contribution in [-0.4, -0.2) is 12.6 Å². The maximum absolute atomic E-state index is 10.1. The first-order chi connectivity index (χ1) is 6.74. The highest BCUT2D eigenvalue weighted by molar-refractivity contribution is 5.37. The molecule has 0 N–H and O–H groups in total. The van der Waals surface area contributed by atoms with Gasteiger partial charge in [-0.1, -0.05) is 39.5 Å². The summed E-state index contributed by atoms with van der Waals surface area (Å²) < 4.78 is 4.86. The third-order valence-corrected chi connectivity index (χ3v) is 2.81. The molecule has 0 aromatic heterocycles. The fraction of sp³-hybridized carbons (Fsp3) is 0.917. The molecular formula is C12H24O2. The second kappa shape index (κ2) is 9.04. The number of carbonyl (C=O) groups excluding carboxylic acids is 1. The van der Waals surface area contributed by atoms with Crippen molar-refractivity contribution in [3.63, 3.8) is 0 Å². The van der Waals surface area contributed by atoms with Gasteiger partial charge in [-0.3, -0.25) is 4.79 Å². The van der Waals surface area contributed by atoms with Crippen LogP contribution in [0.4, 0.5) is 0 Å². The molecule has 0 radical (unpaired) electrons. The monoisotopic (exact) mass is 200 g/mol. The van der Waals surface area contributed by atoms with Gasteiger partial charge in [0.2, 0.25) is 0 Å². The Morgan fingerprint density at radius 1 is 1.21 bits per heavy atom. The van der Waals surface area contributed by atoms with E-state index in [4.69, 9.17) is 4.74 Å². The summed E-state index contributed by atoms with van der Waals surface area (Å²) in [5, 5.41) is 0. The van der Waals surface area contributed by atoms with Gasteiger partial charge in [-0.2, -0.15) is 0 Å². The van der Waals surface area contributed by atoms with Crippen LogP contribution in [0.3, 0.4) is 0 Å². The zero-order valence-corrected chi connectivity index (χ0v) is 9.79. The van der Waals surface area contributed by atoms with E-state index >= 15 is 0 Å². The predicted molar refractivity (Wildman–Crippen MR) is 59.2 cm³/mol. The average Bonchev–Trinajstić information content (AvgIpc) is 2.19. The molecule has 84 valence electrons. The minimum atomic E-state index is 0.0863. The first kappa shape index (κ1) is 13.5. The third-order valence-electron chi connectivity index (χ3n) is 2.81. The lowest BCUT2D eigenvalue weighted by Gasteiger charge is -2.16. The smallest absolute Gasteiger partial charge is 0.293 e. The van der Waals surface area contributed by atoms with Gasteiger partial charge in [0.25, 0.3) is 6.47 Å². The molecule has 0 aromatic rings. The van der Waals surface area contributed by atoms with Crippen molar-refractivity contribution in [3.8, 4) is 0 Å². The summed E-state index contributed by atoms with van der Waals surface area (Å²) in [6.07, 6.45) is 7.43. The Labute approximate surface area is 88.0 Å². The normalized spacial score (nSPS) is 14.8. The van der Waals surface area contributed by atoms with Gasteiger partial charge in [0.1, 0.15) is 0 Å². The predicted octanol–water partition coefficient (Wildman–Crippen LogP) is 3.54.